The van der Waals surface area contributed by atoms with Crippen LogP contribution in [0.1, 0.15) is 77.1 Å². The van der Waals surface area contributed by atoms with Crippen LogP contribution in [0.15, 0.2) is 35.8 Å². The molecule has 0 aliphatic carbocycles. The van der Waals surface area contributed by atoms with E-state index in [1.807, 2.05) is 72.7 Å². The first kappa shape index (κ1) is 38.4. The Morgan fingerprint density at radius 3 is 1.57 bits per heavy atom. The van der Waals surface area contributed by atoms with Gasteiger partial charge in [-0.15, -0.1) is 11.6 Å². The van der Waals surface area contributed by atoms with Crippen LogP contribution in [0.2, 0.25) is 0 Å². The zero-order chi connectivity index (χ0) is 36.3. The predicted octanol–water partition coefficient (Wildman–Crippen LogP) is 5.78. The number of carbonyl (C=O) groups is 2. The number of carbonyl (C=O) groups excluding carboxylic acids is 2. The van der Waals surface area contributed by atoms with Crippen molar-refractivity contribution in [3.05, 3.63) is 80.3 Å². The fourth-order valence-corrected chi connectivity index (χ4v) is 7.94. The van der Waals surface area contributed by atoms with Gasteiger partial charge in [-0.3, -0.25) is 9.59 Å². The molecule has 0 radical (unpaired) electrons. The highest BCUT2D eigenvalue weighted by Crippen LogP contribution is 2.42. The van der Waals surface area contributed by atoms with Crippen LogP contribution in [0.25, 0.3) is 11.1 Å². The topological polar surface area (TPSA) is 140 Å². The molecule has 268 valence electrons. The molecule has 4 aliphatic rings. The Hall–Kier alpha value is -3.38. The Kier molecular flexibility index (Phi) is 12.0. The normalized spacial score (nSPS) is 23.5. The van der Waals surface area contributed by atoms with Crippen molar-refractivity contribution < 1.29 is 36.8 Å². The van der Waals surface area contributed by atoms with Gasteiger partial charge < -0.3 is 29.4 Å². The minimum Gasteiger partial charge on any atom is -0.509 e. The first-order valence-corrected chi connectivity index (χ1v) is 18.9. The van der Waals surface area contributed by atoms with Crippen molar-refractivity contribution in [3.63, 3.8) is 0 Å². The lowest BCUT2D eigenvalue weighted by Gasteiger charge is -2.34. The van der Waals surface area contributed by atoms with Gasteiger partial charge in [-0.1, -0.05) is 42.3 Å². The first-order chi connectivity index (χ1) is 23.0. The number of aliphatic hydroxyl groups excluding tert-OH is 1. The largest absolute Gasteiger partial charge is 0.509 e. The van der Waals surface area contributed by atoms with Crippen molar-refractivity contribution in [1.82, 2.24) is 10.6 Å². The summed E-state index contributed by atoms with van der Waals surface area (Å²) < 4.78 is 40.1. The number of benzene rings is 2. The van der Waals surface area contributed by atoms with Gasteiger partial charge in [0.15, 0.2) is 5.76 Å². The minimum absolute atomic E-state index is 0.141. The number of ether oxygens (including phenoxy) is 2. The van der Waals surface area contributed by atoms with E-state index in [9.17, 15) is 23.1 Å². The highest BCUT2D eigenvalue weighted by molar-refractivity contribution is 7.86. The molecule has 49 heavy (non-hydrogen) atoms. The first-order valence-electron chi connectivity index (χ1n) is 16.6. The molecule has 4 aliphatic heterocycles. The second kappa shape index (κ2) is 15.2. The minimum atomic E-state index is -3.79. The Bertz CT molecular complexity index is 1740. The van der Waals surface area contributed by atoms with Gasteiger partial charge in [0.25, 0.3) is 11.8 Å². The van der Waals surface area contributed by atoms with Crippen LogP contribution >= 0.6 is 11.6 Å². The molecule has 2 amide bonds. The molecule has 2 aromatic rings. The van der Waals surface area contributed by atoms with E-state index in [1.54, 1.807) is 0 Å². The van der Waals surface area contributed by atoms with Gasteiger partial charge in [-0.25, -0.2) is 0 Å². The molecular formula is C37H49ClN2O8S. The van der Waals surface area contributed by atoms with E-state index >= 15 is 0 Å². The Balaban J connectivity index is 0.000000207. The van der Waals surface area contributed by atoms with E-state index in [0.717, 1.165) is 75.9 Å². The third-order valence-electron chi connectivity index (χ3n) is 9.08. The van der Waals surface area contributed by atoms with Crippen LogP contribution in [0.4, 0.5) is 0 Å². The lowest BCUT2D eigenvalue weighted by molar-refractivity contribution is -0.118. The summed E-state index contributed by atoms with van der Waals surface area (Å²) in [5, 5.41) is 16.6. The SMILES string of the molecule is CCCl.Cc1cc(C)c(C2=C(O)C3(CCCOC3)NC2=O)c(C)c1.Cc1cc(C)c(C2=C(OS(C)(=O)=O)C3(CCCOC3)NC2=O)c(C)c1. The number of halogens is 1. The van der Waals surface area contributed by atoms with E-state index in [-0.39, 0.29) is 29.9 Å². The molecule has 3 N–H and O–H groups in total. The molecule has 12 heteroatoms. The summed E-state index contributed by atoms with van der Waals surface area (Å²) in [5.41, 5.74) is 6.71. The fourth-order valence-electron chi connectivity index (χ4n) is 7.40. The lowest BCUT2D eigenvalue weighted by Crippen LogP contribution is -2.51. The van der Waals surface area contributed by atoms with Crippen molar-refractivity contribution in [1.29, 1.82) is 0 Å². The molecule has 0 aromatic heterocycles. The summed E-state index contributed by atoms with van der Waals surface area (Å²) >= 11 is 5.00. The van der Waals surface area contributed by atoms with E-state index in [0.29, 0.717) is 37.4 Å². The van der Waals surface area contributed by atoms with Crippen LogP contribution in [-0.2, 0) is 33.4 Å². The molecule has 2 fully saturated rings. The molecule has 2 unspecified atom stereocenters. The van der Waals surface area contributed by atoms with Crippen molar-refractivity contribution >= 4 is 44.7 Å². The van der Waals surface area contributed by atoms with Crippen molar-refractivity contribution in [2.24, 2.45) is 0 Å². The third-order valence-corrected chi connectivity index (χ3v) is 9.55. The number of alkyl halides is 1. The predicted molar refractivity (Wildman–Crippen MR) is 192 cm³/mol. The number of hydrogen-bond donors (Lipinski definition) is 3. The molecule has 0 saturated carbocycles. The lowest BCUT2D eigenvalue weighted by atomic mass is 9.88. The zero-order valence-electron chi connectivity index (χ0n) is 29.8. The van der Waals surface area contributed by atoms with Crippen molar-refractivity contribution in [2.45, 2.75) is 85.2 Å². The van der Waals surface area contributed by atoms with Gasteiger partial charge in [0, 0.05) is 19.1 Å². The Morgan fingerprint density at radius 1 is 0.776 bits per heavy atom. The summed E-state index contributed by atoms with van der Waals surface area (Å²) in [6.45, 7) is 15.5. The zero-order valence-corrected chi connectivity index (χ0v) is 31.3. The molecule has 6 rings (SSSR count). The summed E-state index contributed by atoms with van der Waals surface area (Å²) in [5.74, 6) is 0.504. The smallest absolute Gasteiger partial charge is 0.306 e. The molecule has 10 nitrogen and oxygen atoms in total. The maximum atomic E-state index is 12.8. The second-order valence-electron chi connectivity index (χ2n) is 13.4. The summed E-state index contributed by atoms with van der Waals surface area (Å²) in [7, 11) is -3.79. The van der Waals surface area contributed by atoms with Crippen LogP contribution in [0.5, 0.6) is 0 Å². The highest BCUT2D eigenvalue weighted by Gasteiger charge is 2.50. The highest BCUT2D eigenvalue weighted by atomic mass is 35.5. The molecule has 2 aromatic carbocycles. The van der Waals surface area contributed by atoms with E-state index < -0.39 is 21.2 Å². The standard InChI is InChI=1S/C18H23NO5S.C17H21NO3.C2H5Cl/c1-11-8-12(2)14(13(3)9-11)15-16(24-25(4,21)22)18(19-17(15)20)6-5-7-23-10-18;1-10-7-11(2)13(12(3)8-10)14-15(19)17(18-16(14)20)5-4-6-21-9-17;1-2-3/h8-9H,5-7,10H2,1-4H3,(H,19,20);7-8,19H,4-6,9H2,1-3H3,(H,18,20);2H2,1H3. The Morgan fingerprint density at radius 2 is 1.16 bits per heavy atom. The Labute approximate surface area is 295 Å². The van der Waals surface area contributed by atoms with Crippen molar-refractivity contribution in [3.8, 4) is 0 Å². The average molecular weight is 717 g/mol. The van der Waals surface area contributed by atoms with E-state index in [1.165, 1.54) is 0 Å². The average Bonchev–Trinajstić information content (AvgIpc) is 3.37. The number of aliphatic hydroxyl groups is 1. The van der Waals surface area contributed by atoms with Crippen LogP contribution in [-0.4, -0.2) is 75.0 Å². The summed E-state index contributed by atoms with van der Waals surface area (Å²) in [4.78, 5) is 25.3. The van der Waals surface area contributed by atoms with Gasteiger partial charge in [-0.2, -0.15) is 8.42 Å². The van der Waals surface area contributed by atoms with Crippen LogP contribution < -0.4 is 10.6 Å². The molecule has 2 saturated heterocycles. The van der Waals surface area contributed by atoms with Crippen molar-refractivity contribution in [2.75, 3.05) is 38.6 Å². The molecule has 0 bridgehead atoms. The number of rotatable bonds is 4. The fraction of sp³-hybridized carbons (Fsp3) is 0.514. The van der Waals surface area contributed by atoms with Crippen LogP contribution in [0.3, 0.4) is 0 Å². The number of amides is 2. The maximum Gasteiger partial charge on any atom is 0.306 e. The number of aryl methyl sites for hydroxylation is 6. The third kappa shape index (κ3) is 8.17. The summed E-state index contributed by atoms with van der Waals surface area (Å²) in [6.07, 6.45) is 3.85. The number of hydrogen-bond acceptors (Lipinski definition) is 8. The van der Waals surface area contributed by atoms with Gasteiger partial charge in [0.1, 0.15) is 16.8 Å². The second-order valence-corrected chi connectivity index (χ2v) is 15.5. The molecular weight excluding hydrogens is 668 g/mol. The van der Waals surface area contributed by atoms with Gasteiger partial charge in [0.05, 0.1) is 30.6 Å². The van der Waals surface area contributed by atoms with Gasteiger partial charge in [-0.05, 0) is 101 Å². The van der Waals surface area contributed by atoms with Crippen LogP contribution in [0, 0.1) is 41.5 Å². The maximum absolute atomic E-state index is 12.8. The van der Waals surface area contributed by atoms with E-state index in [2.05, 4.69) is 10.6 Å². The monoisotopic (exact) mass is 716 g/mol. The van der Waals surface area contributed by atoms with Gasteiger partial charge in [0.2, 0.25) is 0 Å². The number of nitrogens with one attached hydrogen (secondary N) is 2. The van der Waals surface area contributed by atoms with E-state index in [4.69, 9.17) is 25.3 Å². The molecule has 2 spiro atoms. The molecule has 2 atom stereocenters. The van der Waals surface area contributed by atoms with Gasteiger partial charge >= 0.3 is 10.1 Å². The summed E-state index contributed by atoms with van der Waals surface area (Å²) in [6, 6.07) is 8.03. The quantitative estimate of drug-likeness (QED) is 0.267. The molecule has 4 heterocycles.